The first-order valence-electron chi connectivity index (χ1n) is 6.39. The van der Waals surface area contributed by atoms with Gasteiger partial charge in [0.2, 0.25) is 5.91 Å². The average molecular weight is 302 g/mol. The van der Waals surface area contributed by atoms with Crippen molar-refractivity contribution in [3.8, 4) is 0 Å². The summed E-state index contributed by atoms with van der Waals surface area (Å²) in [5, 5.41) is 8.11. The number of thiazole rings is 1. The molecule has 1 amide bonds. The Kier molecular flexibility index (Phi) is 3.80. The van der Waals surface area contributed by atoms with E-state index in [9.17, 15) is 4.79 Å². The molecule has 0 aliphatic heterocycles. The van der Waals surface area contributed by atoms with Gasteiger partial charge in [-0.3, -0.25) is 4.79 Å². The molecule has 2 heterocycles. The summed E-state index contributed by atoms with van der Waals surface area (Å²) in [4.78, 5) is 16.3. The zero-order valence-corrected chi connectivity index (χ0v) is 12.7. The normalized spacial score (nSPS) is 10.8. The molecule has 5 heteroatoms. The summed E-state index contributed by atoms with van der Waals surface area (Å²) in [5.74, 6) is 0.0526. The number of aromatic nitrogens is 1. The summed E-state index contributed by atoms with van der Waals surface area (Å²) in [6.07, 6.45) is 1.30. The van der Waals surface area contributed by atoms with Crippen LogP contribution in [0.4, 0.5) is 5.69 Å². The van der Waals surface area contributed by atoms with Crippen LogP contribution in [0.15, 0.2) is 35.0 Å². The molecule has 0 spiro atoms. The van der Waals surface area contributed by atoms with E-state index in [1.807, 2.05) is 30.5 Å². The molecule has 0 saturated heterocycles. The van der Waals surface area contributed by atoms with Crippen LogP contribution in [0.2, 0.25) is 0 Å². The Morgan fingerprint density at radius 2 is 2.25 bits per heavy atom. The van der Waals surface area contributed by atoms with Gasteiger partial charge >= 0.3 is 0 Å². The zero-order chi connectivity index (χ0) is 13.9. The molecule has 1 N–H and O–H groups in total. The highest BCUT2D eigenvalue weighted by molar-refractivity contribution is 7.18. The highest BCUT2D eigenvalue weighted by atomic mass is 32.1. The standard InChI is InChI=1S/C15H14N2OS2/c1-10-16-13-4-3-12(8-14(13)20-10)17-15(18)5-2-11-6-7-19-9-11/h3-4,6-9H,2,5H2,1H3,(H,17,18). The average Bonchev–Trinajstić information content (AvgIpc) is 3.04. The predicted molar refractivity (Wildman–Crippen MR) is 85.6 cm³/mol. The molecule has 0 aliphatic rings. The molecule has 102 valence electrons. The Morgan fingerprint density at radius 3 is 3.05 bits per heavy atom. The summed E-state index contributed by atoms with van der Waals surface area (Å²) in [5.41, 5.74) is 3.05. The maximum absolute atomic E-state index is 11.9. The second-order valence-electron chi connectivity index (χ2n) is 4.60. The number of hydrogen-bond donors (Lipinski definition) is 1. The molecule has 3 aromatic rings. The van der Waals surface area contributed by atoms with Gasteiger partial charge in [-0.25, -0.2) is 4.98 Å². The fourth-order valence-electron chi connectivity index (χ4n) is 2.03. The van der Waals surface area contributed by atoms with E-state index in [4.69, 9.17) is 0 Å². The van der Waals surface area contributed by atoms with Gasteiger partial charge in [0.15, 0.2) is 0 Å². The SMILES string of the molecule is Cc1nc2ccc(NC(=O)CCc3ccsc3)cc2s1. The van der Waals surface area contributed by atoms with Crippen LogP contribution in [0.25, 0.3) is 10.2 Å². The number of nitrogens with one attached hydrogen (secondary N) is 1. The third-order valence-corrected chi connectivity index (χ3v) is 4.67. The number of aryl methyl sites for hydroxylation is 2. The van der Waals surface area contributed by atoms with Crippen LogP contribution < -0.4 is 5.32 Å². The molecule has 3 rings (SSSR count). The number of thiophene rings is 1. The molecule has 0 unspecified atom stereocenters. The largest absolute Gasteiger partial charge is 0.326 e. The van der Waals surface area contributed by atoms with E-state index in [1.54, 1.807) is 22.7 Å². The molecule has 0 saturated carbocycles. The molecule has 0 aliphatic carbocycles. The van der Waals surface area contributed by atoms with Crippen LogP contribution in [0, 0.1) is 6.92 Å². The topological polar surface area (TPSA) is 42.0 Å². The van der Waals surface area contributed by atoms with Crippen molar-refractivity contribution in [2.45, 2.75) is 19.8 Å². The minimum absolute atomic E-state index is 0.0526. The van der Waals surface area contributed by atoms with Crippen molar-refractivity contribution < 1.29 is 4.79 Å². The monoisotopic (exact) mass is 302 g/mol. The number of amides is 1. The Labute approximate surface area is 125 Å². The summed E-state index contributed by atoms with van der Waals surface area (Å²) in [6.45, 7) is 1.99. The van der Waals surface area contributed by atoms with Crippen LogP contribution in [0.1, 0.15) is 17.0 Å². The Bertz CT molecular complexity index is 732. The number of rotatable bonds is 4. The lowest BCUT2D eigenvalue weighted by Crippen LogP contribution is -2.11. The van der Waals surface area contributed by atoms with Gasteiger partial charge in [-0.2, -0.15) is 11.3 Å². The first-order chi connectivity index (χ1) is 9.70. The first kappa shape index (κ1) is 13.3. The molecular formula is C15H14N2OS2. The van der Waals surface area contributed by atoms with E-state index < -0.39 is 0 Å². The molecule has 1 aromatic carbocycles. The molecule has 0 fully saturated rings. The van der Waals surface area contributed by atoms with Gasteiger partial charge in [0.25, 0.3) is 0 Å². The highest BCUT2D eigenvalue weighted by Crippen LogP contribution is 2.24. The summed E-state index contributed by atoms with van der Waals surface area (Å²) < 4.78 is 1.11. The van der Waals surface area contributed by atoms with Crippen molar-refractivity contribution in [3.63, 3.8) is 0 Å². The van der Waals surface area contributed by atoms with E-state index in [2.05, 4.69) is 21.7 Å². The van der Waals surface area contributed by atoms with Gasteiger partial charge < -0.3 is 5.32 Å². The van der Waals surface area contributed by atoms with E-state index >= 15 is 0 Å². The van der Waals surface area contributed by atoms with Gasteiger partial charge in [-0.15, -0.1) is 11.3 Å². The van der Waals surface area contributed by atoms with Crippen molar-refractivity contribution in [2.75, 3.05) is 5.32 Å². The molecule has 20 heavy (non-hydrogen) atoms. The fraction of sp³-hybridized carbons (Fsp3) is 0.200. The Morgan fingerprint density at radius 1 is 1.35 bits per heavy atom. The second-order valence-corrected chi connectivity index (χ2v) is 6.61. The third-order valence-electron chi connectivity index (χ3n) is 3.00. The fourth-order valence-corrected chi connectivity index (χ4v) is 3.60. The summed E-state index contributed by atoms with van der Waals surface area (Å²) in [6, 6.07) is 7.91. The molecular weight excluding hydrogens is 288 g/mol. The molecule has 0 bridgehead atoms. The number of carbonyl (C=O) groups is 1. The molecule has 0 radical (unpaired) electrons. The molecule has 0 atom stereocenters. The van der Waals surface area contributed by atoms with Crippen LogP contribution in [-0.2, 0) is 11.2 Å². The van der Waals surface area contributed by atoms with E-state index in [1.165, 1.54) is 5.56 Å². The van der Waals surface area contributed by atoms with Crippen LogP contribution >= 0.6 is 22.7 Å². The maximum Gasteiger partial charge on any atom is 0.224 e. The lowest BCUT2D eigenvalue weighted by Gasteiger charge is -2.04. The van der Waals surface area contributed by atoms with Crippen molar-refractivity contribution in [1.29, 1.82) is 0 Å². The van der Waals surface area contributed by atoms with E-state index in [0.29, 0.717) is 6.42 Å². The maximum atomic E-state index is 11.9. The predicted octanol–water partition coefficient (Wildman–Crippen LogP) is 4.24. The number of anilines is 1. The number of carbonyl (C=O) groups excluding carboxylic acids is 1. The van der Waals surface area contributed by atoms with Crippen molar-refractivity contribution >= 4 is 44.5 Å². The lowest BCUT2D eigenvalue weighted by molar-refractivity contribution is -0.116. The van der Waals surface area contributed by atoms with E-state index in [-0.39, 0.29) is 5.91 Å². The zero-order valence-electron chi connectivity index (χ0n) is 11.1. The molecule has 3 nitrogen and oxygen atoms in total. The van der Waals surface area contributed by atoms with Gasteiger partial charge in [0, 0.05) is 12.1 Å². The van der Waals surface area contributed by atoms with Gasteiger partial charge in [0.1, 0.15) is 0 Å². The number of hydrogen-bond acceptors (Lipinski definition) is 4. The van der Waals surface area contributed by atoms with Crippen molar-refractivity contribution in [1.82, 2.24) is 4.98 Å². The van der Waals surface area contributed by atoms with Gasteiger partial charge in [-0.1, -0.05) is 0 Å². The summed E-state index contributed by atoms with van der Waals surface area (Å²) >= 11 is 3.31. The Balaban J connectivity index is 1.64. The lowest BCUT2D eigenvalue weighted by atomic mass is 10.2. The van der Waals surface area contributed by atoms with Gasteiger partial charge in [-0.05, 0) is 53.9 Å². The van der Waals surface area contributed by atoms with Gasteiger partial charge in [0.05, 0.1) is 15.2 Å². The number of nitrogens with zero attached hydrogens (tertiary/aromatic N) is 1. The highest BCUT2D eigenvalue weighted by Gasteiger charge is 2.06. The van der Waals surface area contributed by atoms with Crippen molar-refractivity contribution in [2.24, 2.45) is 0 Å². The number of benzene rings is 1. The quantitative estimate of drug-likeness (QED) is 0.783. The summed E-state index contributed by atoms with van der Waals surface area (Å²) in [7, 11) is 0. The minimum atomic E-state index is 0.0526. The molecule has 2 aromatic heterocycles. The minimum Gasteiger partial charge on any atom is -0.326 e. The first-order valence-corrected chi connectivity index (χ1v) is 8.15. The second kappa shape index (κ2) is 5.73. The van der Waals surface area contributed by atoms with E-state index in [0.717, 1.165) is 27.3 Å². The third kappa shape index (κ3) is 3.05. The van der Waals surface area contributed by atoms with Crippen molar-refractivity contribution in [3.05, 3.63) is 45.6 Å². The van der Waals surface area contributed by atoms with Crippen LogP contribution in [-0.4, -0.2) is 10.9 Å². The van der Waals surface area contributed by atoms with Crippen LogP contribution in [0.3, 0.4) is 0 Å². The van der Waals surface area contributed by atoms with Crippen LogP contribution in [0.5, 0.6) is 0 Å². The number of fused-ring (bicyclic) bond motifs is 1. The smallest absolute Gasteiger partial charge is 0.224 e. The Hall–Kier alpha value is -1.72.